The molecule has 0 aromatic rings. The smallest absolute Gasteiger partial charge is 0.306 e. The fraction of sp³-hybridized carbons (Fsp3) is 0.702. The molecular weight excluding hydrogens is 781 g/mol. The van der Waals surface area contributed by atoms with E-state index in [0.717, 1.165) is 116 Å². The number of carbonyl (C=O) groups is 3. The van der Waals surface area contributed by atoms with Crippen LogP contribution in [0.1, 0.15) is 239 Å². The van der Waals surface area contributed by atoms with Gasteiger partial charge in [0, 0.05) is 19.3 Å². The van der Waals surface area contributed by atoms with Gasteiger partial charge in [-0.1, -0.05) is 215 Å². The Morgan fingerprint density at radius 1 is 0.333 bits per heavy atom. The van der Waals surface area contributed by atoms with Crippen LogP contribution in [-0.4, -0.2) is 37.2 Å². The molecule has 360 valence electrons. The summed E-state index contributed by atoms with van der Waals surface area (Å²) in [6, 6.07) is 0. The topological polar surface area (TPSA) is 78.9 Å². The lowest BCUT2D eigenvalue weighted by Crippen LogP contribution is -2.30. The molecule has 0 aliphatic carbocycles. The van der Waals surface area contributed by atoms with Gasteiger partial charge in [-0.3, -0.25) is 14.4 Å². The van der Waals surface area contributed by atoms with Crippen molar-refractivity contribution < 1.29 is 28.6 Å². The highest BCUT2D eigenvalue weighted by atomic mass is 16.6. The second-order valence-electron chi connectivity index (χ2n) is 17.0. The molecule has 0 N–H and O–H groups in total. The first-order valence-electron chi connectivity index (χ1n) is 26.1. The predicted molar refractivity (Wildman–Crippen MR) is 270 cm³/mol. The van der Waals surface area contributed by atoms with Gasteiger partial charge in [0.2, 0.25) is 0 Å². The number of hydrogen-bond donors (Lipinski definition) is 0. The van der Waals surface area contributed by atoms with Crippen molar-refractivity contribution in [2.75, 3.05) is 13.2 Å². The second-order valence-corrected chi connectivity index (χ2v) is 17.0. The highest BCUT2D eigenvalue weighted by molar-refractivity contribution is 5.71. The molecule has 0 aromatic heterocycles. The van der Waals surface area contributed by atoms with E-state index in [-0.39, 0.29) is 31.1 Å². The zero-order valence-corrected chi connectivity index (χ0v) is 41.1. The van der Waals surface area contributed by atoms with Crippen LogP contribution in [0, 0.1) is 0 Å². The maximum absolute atomic E-state index is 12.8. The van der Waals surface area contributed by atoms with Gasteiger partial charge in [0.05, 0.1) is 0 Å². The first kappa shape index (κ1) is 59.6. The number of carbonyl (C=O) groups excluding carboxylic acids is 3. The molecule has 63 heavy (non-hydrogen) atoms. The molecule has 0 amide bonds. The SMILES string of the molecule is CC/C=C\C/C=C\C/C=C\C/C=C\CCCCCCCCCCC(=O)OCC(COC(=O)CCCCCCCCCCCCC)OC(=O)CCCCC/C=C\C/C=C\C/C=C\CC. The summed E-state index contributed by atoms with van der Waals surface area (Å²) in [5.74, 6) is -0.929. The standard InChI is InChI=1S/C57H96O6/c1-4-7-10-13-16-19-22-24-25-26-27-28-29-30-31-33-35-38-41-44-47-50-56(59)62-53-54(52-61-55(58)49-46-43-40-37-34-21-18-15-12-9-6-3)63-57(60)51-48-45-42-39-36-32-23-20-17-14-11-8-5-2/h7-8,10-11,16-17,19-20,24-25,27-28,32,36,54H,4-6,9,12-15,18,21-23,26,29-31,33-35,37-53H2,1-3H3/b10-7-,11-8-,19-16-,20-17-,25-24-,28-27-,36-32-. The van der Waals surface area contributed by atoms with Crippen molar-refractivity contribution in [1.82, 2.24) is 0 Å². The van der Waals surface area contributed by atoms with Crippen molar-refractivity contribution in [3.8, 4) is 0 Å². The monoisotopic (exact) mass is 877 g/mol. The summed E-state index contributed by atoms with van der Waals surface area (Å²) in [5.41, 5.74) is 0. The summed E-state index contributed by atoms with van der Waals surface area (Å²) >= 11 is 0. The van der Waals surface area contributed by atoms with Gasteiger partial charge in [0.25, 0.3) is 0 Å². The van der Waals surface area contributed by atoms with Crippen LogP contribution in [0.25, 0.3) is 0 Å². The lowest BCUT2D eigenvalue weighted by molar-refractivity contribution is -0.167. The molecule has 0 aliphatic rings. The summed E-state index contributed by atoms with van der Waals surface area (Å²) < 4.78 is 16.8. The number of allylic oxidation sites excluding steroid dienone is 14. The molecule has 1 atom stereocenters. The van der Waals surface area contributed by atoms with Crippen LogP contribution in [0.15, 0.2) is 85.1 Å². The molecule has 1 unspecified atom stereocenters. The Kier molecular flexibility index (Phi) is 48.5. The maximum atomic E-state index is 12.8. The highest BCUT2D eigenvalue weighted by Crippen LogP contribution is 2.14. The van der Waals surface area contributed by atoms with Crippen molar-refractivity contribution in [2.45, 2.75) is 245 Å². The fourth-order valence-electron chi connectivity index (χ4n) is 7.04. The molecule has 6 nitrogen and oxygen atoms in total. The third kappa shape index (κ3) is 49.5. The Balaban J connectivity index is 4.36. The first-order valence-corrected chi connectivity index (χ1v) is 26.1. The molecule has 0 saturated carbocycles. The quantitative estimate of drug-likeness (QED) is 0.0262. The van der Waals surface area contributed by atoms with Crippen LogP contribution >= 0.6 is 0 Å². The average Bonchev–Trinajstić information content (AvgIpc) is 3.28. The molecule has 0 radical (unpaired) electrons. The normalized spacial score (nSPS) is 12.7. The van der Waals surface area contributed by atoms with Crippen LogP contribution in [0.3, 0.4) is 0 Å². The van der Waals surface area contributed by atoms with Crippen molar-refractivity contribution in [2.24, 2.45) is 0 Å². The Labute approximate surface area is 388 Å². The van der Waals surface area contributed by atoms with Crippen molar-refractivity contribution in [3.05, 3.63) is 85.1 Å². The van der Waals surface area contributed by atoms with Crippen LogP contribution in [0.5, 0.6) is 0 Å². The van der Waals surface area contributed by atoms with Gasteiger partial charge in [-0.25, -0.2) is 0 Å². The summed E-state index contributed by atoms with van der Waals surface area (Å²) in [6.07, 6.45) is 65.7. The van der Waals surface area contributed by atoms with E-state index in [2.05, 4.69) is 106 Å². The molecular formula is C57H96O6. The van der Waals surface area contributed by atoms with E-state index in [4.69, 9.17) is 14.2 Å². The number of esters is 3. The van der Waals surface area contributed by atoms with Crippen molar-refractivity contribution >= 4 is 17.9 Å². The van der Waals surface area contributed by atoms with Crippen molar-refractivity contribution in [3.63, 3.8) is 0 Å². The second kappa shape index (κ2) is 51.2. The number of rotatable bonds is 46. The Morgan fingerprint density at radius 2 is 0.619 bits per heavy atom. The van der Waals surface area contributed by atoms with Crippen molar-refractivity contribution in [1.29, 1.82) is 0 Å². The van der Waals surface area contributed by atoms with Gasteiger partial charge < -0.3 is 14.2 Å². The molecule has 0 rings (SSSR count). The van der Waals surface area contributed by atoms with Gasteiger partial charge in [-0.2, -0.15) is 0 Å². The van der Waals surface area contributed by atoms with E-state index in [1.165, 1.54) is 83.5 Å². The third-order valence-electron chi connectivity index (χ3n) is 10.9. The summed E-state index contributed by atoms with van der Waals surface area (Å²) in [7, 11) is 0. The Bertz CT molecular complexity index is 1240. The van der Waals surface area contributed by atoms with E-state index >= 15 is 0 Å². The lowest BCUT2D eigenvalue weighted by Gasteiger charge is -2.18. The molecule has 0 heterocycles. The Morgan fingerprint density at radius 3 is 0.984 bits per heavy atom. The average molecular weight is 877 g/mol. The predicted octanol–water partition coefficient (Wildman–Crippen LogP) is 17.2. The molecule has 0 spiro atoms. The molecule has 0 aromatic carbocycles. The number of hydrogen-bond acceptors (Lipinski definition) is 6. The summed E-state index contributed by atoms with van der Waals surface area (Å²) in [5, 5.41) is 0. The minimum atomic E-state index is -0.793. The van der Waals surface area contributed by atoms with Gasteiger partial charge in [-0.15, -0.1) is 0 Å². The van der Waals surface area contributed by atoms with E-state index in [1.54, 1.807) is 0 Å². The van der Waals surface area contributed by atoms with E-state index in [0.29, 0.717) is 19.3 Å². The van der Waals surface area contributed by atoms with Gasteiger partial charge >= 0.3 is 17.9 Å². The molecule has 0 saturated heterocycles. The minimum Gasteiger partial charge on any atom is -0.462 e. The number of unbranched alkanes of at least 4 members (excludes halogenated alkanes) is 21. The van der Waals surface area contributed by atoms with Crippen LogP contribution in [0.2, 0.25) is 0 Å². The summed E-state index contributed by atoms with van der Waals surface area (Å²) in [4.78, 5) is 37.9. The first-order chi connectivity index (χ1) is 31.0. The fourth-order valence-corrected chi connectivity index (χ4v) is 7.04. The van der Waals surface area contributed by atoms with Gasteiger partial charge in [-0.05, 0) is 89.9 Å². The summed E-state index contributed by atoms with van der Waals surface area (Å²) in [6.45, 7) is 6.37. The van der Waals surface area contributed by atoms with Gasteiger partial charge in [0.1, 0.15) is 13.2 Å². The van der Waals surface area contributed by atoms with Crippen LogP contribution in [0.4, 0.5) is 0 Å². The zero-order valence-electron chi connectivity index (χ0n) is 41.1. The third-order valence-corrected chi connectivity index (χ3v) is 10.9. The highest BCUT2D eigenvalue weighted by Gasteiger charge is 2.19. The zero-order chi connectivity index (χ0) is 45.8. The molecule has 0 bridgehead atoms. The van der Waals surface area contributed by atoms with E-state index in [9.17, 15) is 14.4 Å². The molecule has 6 heteroatoms. The lowest BCUT2D eigenvalue weighted by atomic mass is 10.1. The van der Waals surface area contributed by atoms with E-state index < -0.39 is 6.10 Å². The number of ether oxygens (including phenoxy) is 3. The van der Waals surface area contributed by atoms with E-state index in [1.807, 2.05) is 0 Å². The largest absolute Gasteiger partial charge is 0.462 e. The molecule has 0 fully saturated rings. The Hall–Kier alpha value is -3.41. The molecule has 0 aliphatic heterocycles. The van der Waals surface area contributed by atoms with Crippen LogP contribution in [-0.2, 0) is 28.6 Å². The van der Waals surface area contributed by atoms with Crippen LogP contribution < -0.4 is 0 Å². The minimum absolute atomic E-state index is 0.0898. The maximum Gasteiger partial charge on any atom is 0.306 e. The van der Waals surface area contributed by atoms with Gasteiger partial charge in [0.15, 0.2) is 6.10 Å².